The van der Waals surface area contributed by atoms with Crippen molar-refractivity contribution in [2.45, 2.75) is 20.3 Å². The summed E-state index contributed by atoms with van der Waals surface area (Å²) in [5, 5.41) is 10.1. The third-order valence-electron chi connectivity index (χ3n) is 4.43. The number of carbonyl (C=O) groups is 2. The normalized spacial score (nSPS) is 15.6. The van der Waals surface area contributed by atoms with Gasteiger partial charge in [-0.15, -0.1) is 11.3 Å². The molecule has 2 aromatic rings. The molecule has 1 unspecified atom stereocenters. The molecule has 162 valence electrons. The third-order valence-corrected chi connectivity index (χ3v) is 5.88. The summed E-state index contributed by atoms with van der Waals surface area (Å²) >= 11 is 7.23. The predicted molar refractivity (Wildman–Crippen MR) is 118 cm³/mol. The lowest BCUT2D eigenvalue weighted by Crippen LogP contribution is -2.40. The number of benzene rings is 1. The quantitative estimate of drug-likeness (QED) is 0.680. The molecular formula is C21H20ClN3O5S. The number of hydrogen-bond donors (Lipinski definition) is 1. The van der Waals surface area contributed by atoms with Crippen molar-refractivity contribution in [3.05, 3.63) is 60.0 Å². The third kappa shape index (κ3) is 4.13. The second-order valence-electron chi connectivity index (χ2n) is 6.08. The van der Waals surface area contributed by atoms with Crippen molar-refractivity contribution in [3.63, 3.8) is 0 Å². The fraction of sp³-hybridized carbons (Fsp3) is 0.238. The average molecular weight is 462 g/mol. The number of methoxy groups -OCH3 is 1. The Labute approximate surface area is 187 Å². The molecule has 0 aliphatic carbocycles. The van der Waals surface area contributed by atoms with Gasteiger partial charge in [0.15, 0.2) is 0 Å². The SMILES string of the molecule is C.CCOC(=O)C1=c2s/c(=C\C(=O)OC)c(=O)n2C(N)=C(C#N)C1c1ccccc1Cl. The average Bonchev–Trinajstić information content (AvgIpc) is 3.04. The van der Waals surface area contributed by atoms with Gasteiger partial charge in [-0.05, 0) is 18.6 Å². The van der Waals surface area contributed by atoms with E-state index in [2.05, 4.69) is 4.74 Å². The van der Waals surface area contributed by atoms with E-state index in [9.17, 15) is 19.6 Å². The van der Waals surface area contributed by atoms with Crippen LogP contribution >= 0.6 is 22.9 Å². The van der Waals surface area contributed by atoms with Crippen molar-refractivity contribution >= 4 is 52.3 Å². The lowest BCUT2D eigenvalue weighted by atomic mass is 9.84. The van der Waals surface area contributed by atoms with Gasteiger partial charge in [-0.1, -0.05) is 37.2 Å². The summed E-state index contributed by atoms with van der Waals surface area (Å²) in [5.41, 5.74) is 6.02. The van der Waals surface area contributed by atoms with Crippen molar-refractivity contribution in [3.8, 4) is 6.07 Å². The molecule has 1 aliphatic heterocycles. The van der Waals surface area contributed by atoms with E-state index >= 15 is 0 Å². The van der Waals surface area contributed by atoms with E-state index in [1.165, 1.54) is 7.11 Å². The number of ether oxygens (including phenoxy) is 2. The monoisotopic (exact) mass is 461 g/mol. The zero-order valence-electron chi connectivity index (χ0n) is 16.0. The van der Waals surface area contributed by atoms with Crippen LogP contribution in [0.5, 0.6) is 0 Å². The summed E-state index contributed by atoms with van der Waals surface area (Å²) < 4.78 is 11.0. The van der Waals surface area contributed by atoms with Gasteiger partial charge < -0.3 is 15.2 Å². The molecule has 10 heteroatoms. The first kappa shape index (κ1) is 23.9. The van der Waals surface area contributed by atoms with Crippen LogP contribution in [-0.4, -0.2) is 30.2 Å². The topological polar surface area (TPSA) is 124 Å². The number of nitriles is 1. The number of fused-ring (bicyclic) bond motifs is 1. The van der Waals surface area contributed by atoms with Gasteiger partial charge in [0.2, 0.25) is 0 Å². The van der Waals surface area contributed by atoms with Crippen LogP contribution in [-0.2, 0) is 19.1 Å². The molecule has 0 spiro atoms. The van der Waals surface area contributed by atoms with Gasteiger partial charge in [-0.25, -0.2) is 9.59 Å². The highest BCUT2D eigenvalue weighted by Gasteiger charge is 2.37. The maximum Gasteiger partial charge on any atom is 0.338 e. The highest BCUT2D eigenvalue weighted by Crippen LogP contribution is 2.39. The second kappa shape index (κ2) is 9.64. The molecule has 31 heavy (non-hydrogen) atoms. The number of esters is 2. The van der Waals surface area contributed by atoms with Crippen molar-refractivity contribution < 1.29 is 19.1 Å². The molecule has 8 nitrogen and oxygen atoms in total. The molecule has 0 bridgehead atoms. The number of halogens is 1. The van der Waals surface area contributed by atoms with Crippen LogP contribution in [0, 0.1) is 11.3 Å². The lowest BCUT2D eigenvalue weighted by molar-refractivity contribution is -0.136. The van der Waals surface area contributed by atoms with Crippen molar-refractivity contribution in [2.75, 3.05) is 13.7 Å². The summed E-state index contributed by atoms with van der Waals surface area (Å²) in [7, 11) is 1.18. The molecule has 0 radical (unpaired) electrons. The van der Waals surface area contributed by atoms with Crippen LogP contribution in [0.1, 0.15) is 25.8 Å². The first-order chi connectivity index (χ1) is 14.3. The molecular weight excluding hydrogens is 442 g/mol. The molecule has 1 aromatic carbocycles. The molecule has 1 atom stereocenters. The number of carbonyl (C=O) groups excluding carboxylic acids is 2. The minimum Gasteiger partial charge on any atom is -0.466 e. The van der Waals surface area contributed by atoms with E-state index in [1.54, 1.807) is 31.2 Å². The molecule has 2 heterocycles. The Hall–Kier alpha value is -3.35. The fourth-order valence-corrected chi connectivity index (χ4v) is 4.51. The van der Waals surface area contributed by atoms with Gasteiger partial charge in [-0.2, -0.15) is 5.26 Å². The largest absolute Gasteiger partial charge is 0.466 e. The van der Waals surface area contributed by atoms with Gasteiger partial charge in [0.25, 0.3) is 5.56 Å². The van der Waals surface area contributed by atoms with E-state index in [0.717, 1.165) is 22.0 Å². The van der Waals surface area contributed by atoms with E-state index in [1.807, 2.05) is 6.07 Å². The maximum atomic E-state index is 12.9. The molecule has 0 saturated heterocycles. The van der Waals surface area contributed by atoms with E-state index < -0.39 is 23.4 Å². The Bertz CT molecular complexity index is 1300. The van der Waals surface area contributed by atoms with Gasteiger partial charge in [0.05, 0.1) is 36.9 Å². The maximum absolute atomic E-state index is 12.9. The van der Waals surface area contributed by atoms with Crippen LogP contribution in [0.15, 0.2) is 34.6 Å². The summed E-state index contributed by atoms with van der Waals surface area (Å²) in [6.07, 6.45) is 1.00. The molecule has 1 aliphatic rings. The summed E-state index contributed by atoms with van der Waals surface area (Å²) in [5.74, 6) is -2.54. The number of nitrogens with zero attached hydrogens (tertiary/aromatic N) is 2. The summed E-state index contributed by atoms with van der Waals surface area (Å²) in [4.78, 5) is 37.5. The molecule has 3 rings (SSSR count). The van der Waals surface area contributed by atoms with Crippen molar-refractivity contribution in [1.29, 1.82) is 5.26 Å². The Morgan fingerprint density at radius 1 is 1.39 bits per heavy atom. The highest BCUT2D eigenvalue weighted by molar-refractivity contribution is 7.07. The first-order valence-electron chi connectivity index (χ1n) is 8.73. The van der Waals surface area contributed by atoms with Crippen LogP contribution < -0.4 is 20.5 Å². The standard InChI is InChI=1S/C20H16ClN3O5S.CH4/c1-3-29-20(27)16-15(10-6-4-5-7-12(10)21)11(9-22)17(23)24-18(26)13(30-19(16)24)8-14(25)28-2;/h4-8,15H,3,23H2,1-2H3;1H4/b13-8-;. The van der Waals surface area contributed by atoms with E-state index in [0.29, 0.717) is 10.6 Å². The zero-order valence-corrected chi connectivity index (χ0v) is 17.5. The molecule has 0 saturated carbocycles. The Balaban J connectivity index is 0.00000341. The lowest BCUT2D eigenvalue weighted by Gasteiger charge is -2.25. The second-order valence-corrected chi connectivity index (χ2v) is 7.52. The van der Waals surface area contributed by atoms with Crippen molar-refractivity contribution in [1.82, 2.24) is 4.57 Å². The predicted octanol–water partition coefficient (Wildman–Crippen LogP) is 1.31. The molecule has 0 amide bonds. The molecule has 0 fully saturated rings. The smallest absolute Gasteiger partial charge is 0.338 e. The number of rotatable bonds is 4. The summed E-state index contributed by atoms with van der Waals surface area (Å²) in [6, 6.07) is 8.71. The Morgan fingerprint density at radius 2 is 2.06 bits per heavy atom. The number of hydrogen-bond acceptors (Lipinski definition) is 8. The summed E-state index contributed by atoms with van der Waals surface area (Å²) in [6.45, 7) is 1.72. The number of thiazole rings is 1. The Kier molecular flexibility index (Phi) is 7.44. The fourth-order valence-electron chi connectivity index (χ4n) is 3.14. The van der Waals surface area contributed by atoms with Crippen LogP contribution in [0.4, 0.5) is 0 Å². The van der Waals surface area contributed by atoms with Crippen LogP contribution in [0.25, 0.3) is 17.5 Å². The highest BCUT2D eigenvalue weighted by atomic mass is 35.5. The van der Waals surface area contributed by atoms with Gasteiger partial charge in [-0.3, -0.25) is 9.36 Å². The Morgan fingerprint density at radius 3 is 2.65 bits per heavy atom. The first-order valence-corrected chi connectivity index (χ1v) is 9.92. The number of nitrogens with two attached hydrogens (primary N) is 1. The van der Waals surface area contributed by atoms with E-state index in [-0.39, 0.29) is 40.2 Å². The minimum atomic E-state index is -0.938. The zero-order chi connectivity index (χ0) is 22.0. The molecule has 1 aromatic heterocycles. The van der Waals surface area contributed by atoms with E-state index in [4.69, 9.17) is 22.1 Å². The van der Waals surface area contributed by atoms with Crippen LogP contribution in [0.2, 0.25) is 5.02 Å². The number of aromatic nitrogens is 1. The number of allylic oxidation sites excluding steroid dienone is 1. The van der Waals surface area contributed by atoms with Gasteiger partial charge in [0, 0.05) is 11.1 Å². The van der Waals surface area contributed by atoms with Crippen molar-refractivity contribution in [2.24, 2.45) is 5.73 Å². The minimum absolute atomic E-state index is 0. The molecule has 2 N–H and O–H groups in total. The van der Waals surface area contributed by atoms with Crippen LogP contribution in [0.3, 0.4) is 0 Å². The van der Waals surface area contributed by atoms with Gasteiger partial charge >= 0.3 is 11.9 Å². The van der Waals surface area contributed by atoms with Gasteiger partial charge in [0.1, 0.15) is 15.0 Å².